The Bertz CT molecular complexity index is 1330. The summed E-state index contributed by atoms with van der Waals surface area (Å²) in [6.07, 6.45) is 0. The molecule has 1 aromatic heterocycles. The molecule has 4 aromatic rings. The third-order valence-electron chi connectivity index (χ3n) is 5.51. The van der Waals surface area contributed by atoms with Crippen LogP contribution in [0.3, 0.4) is 0 Å². The number of para-hydroxylation sites is 1. The zero-order valence-electron chi connectivity index (χ0n) is 18.8. The fourth-order valence-corrected chi connectivity index (χ4v) is 5.93. The summed E-state index contributed by atoms with van der Waals surface area (Å²) in [4.78, 5) is 34.2. The number of morpholine rings is 1. The Morgan fingerprint density at radius 3 is 2.17 bits per heavy atom. The van der Waals surface area contributed by atoms with E-state index < -0.39 is 0 Å². The van der Waals surface area contributed by atoms with Gasteiger partial charge >= 0.3 is 0 Å². The summed E-state index contributed by atoms with van der Waals surface area (Å²) in [5, 5.41) is 2.95. The molecular weight excluding hydrogens is 478 g/mol. The van der Waals surface area contributed by atoms with Crippen LogP contribution in [0.15, 0.2) is 95.0 Å². The van der Waals surface area contributed by atoms with Gasteiger partial charge in [-0.2, -0.15) is 0 Å². The summed E-state index contributed by atoms with van der Waals surface area (Å²) < 4.78 is 7.31. The van der Waals surface area contributed by atoms with E-state index in [1.807, 2.05) is 60.7 Å². The van der Waals surface area contributed by atoms with E-state index in [1.54, 1.807) is 40.5 Å². The number of rotatable bonds is 6. The maximum atomic E-state index is 13.8. The van der Waals surface area contributed by atoms with E-state index >= 15 is 0 Å². The lowest BCUT2D eigenvalue weighted by atomic mass is 10.1. The standard InChI is InChI=1S/C27H23N3O3S2/c31-25(20-11-5-2-6-12-20)29-23(26(32)30-15-17-33-18-16-30)24(19-9-3-1-4-10-19)35-27-28-21-13-7-8-14-22(21)34-27/h1-14H,15-18H2,(H,29,31)/b24-23-. The van der Waals surface area contributed by atoms with Crippen molar-refractivity contribution >= 4 is 50.0 Å². The Balaban J connectivity index is 1.61. The van der Waals surface area contributed by atoms with Crippen molar-refractivity contribution in [2.75, 3.05) is 26.3 Å². The fraction of sp³-hybridized carbons (Fsp3) is 0.148. The highest BCUT2D eigenvalue weighted by Gasteiger charge is 2.27. The lowest BCUT2D eigenvalue weighted by Crippen LogP contribution is -2.44. The van der Waals surface area contributed by atoms with Gasteiger partial charge in [-0.25, -0.2) is 4.98 Å². The van der Waals surface area contributed by atoms with Gasteiger partial charge in [0.05, 0.1) is 28.3 Å². The van der Waals surface area contributed by atoms with Gasteiger partial charge in [0.2, 0.25) is 0 Å². The van der Waals surface area contributed by atoms with Crippen molar-refractivity contribution in [3.63, 3.8) is 0 Å². The maximum Gasteiger partial charge on any atom is 0.271 e. The van der Waals surface area contributed by atoms with E-state index in [1.165, 1.54) is 11.8 Å². The first-order chi connectivity index (χ1) is 17.2. The topological polar surface area (TPSA) is 71.5 Å². The van der Waals surface area contributed by atoms with E-state index in [4.69, 9.17) is 9.72 Å². The van der Waals surface area contributed by atoms with Crippen LogP contribution in [-0.4, -0.2) is 48.0 Å². The van der Waals surface area contributed by atoms with E-state index in [0.717, 1.165) is 20.1 Å². The molecule has 0 bridgehead atoms. The van der Waals surface area contributed by atoms with Crippen molar-refractivity contribution in [3.05, 3.63) is 102 Å². The molecule has 2 amide bonds. The monoisotopic (exact) mass is 501 g/mol. The number of hydrogen-bond donors (Lipinski definition) is 1. The van der Waals surface area contributed by atoms with Crippen LogP contribution in [0.1, 0.15) is 15.9 Å². The number of nitrogens with zero attached hydrogens (tertiary/aromatic N) is 2. The molecule has 5 rings (SSSR count). The number of nitrogens with one attached hydrogen (secondary N) is 1. The molecule has 1 aliphatic rings. The van der Waals surface area contributed by atoms with E-state index in [2.05, 4.69) is 5.32 Å². The molecule has 0 atom stereocenters. The zero-order valence-corrected chi connectivity index (χ0v) is 20.5. The number of amides is 2. The summed E-state index contributed by atoms with van der Waals surface area (Å²) in [6, 6.07) is 26.5. The average Bonchev–Trinajstić information content (AvgIpc) is 3.34. The van der Waals surface area contributed by atoms with Gasteiger partial charge in [0.1, 0.15) is 5.70 Å². The van der Waals surface area contributed by atoms with Crippen LogP contribution < -0.4 is 5.32 Å². The quantitative estimate of drug-likeness (QED) is 0.296. The van der Waals surface area contributed by atoms with Crippen molar-refractivity contribution in [1.82, 2.24) is 15.2 Å². The molecule has 35 heavy (non-hydrogen) atoms. The molecule has 8 heteroatoms. The van der Waals surface area contributed by atoms with Crippen LogP contribution in [0.2, 0.25) is 0 Å². The van der Waals surface area contributed by atoms with Crippen LogP contribution >= 0.6 is 23.1 Å². The number of ether oxygens (including phenoxy) is 1. The highest BCUT2D eigenvalue weighted by molar-refractivity contribution is 8.09. The maximum absolute atomic E-state index is 13.8. The van der Waals surface area contributed by atoms with Gasteiger partial charge in [0.15, 0.2) is 4.34 Å². The van der Waals surface area contributed by atoms with Crippen molar-refractivity contribution in [2.45, 2.75) is 4.34 Å². The molecular formula is C27H23N3O3S2. The first-order valence-corrected chi connectivity index (χ1v) is 12.9. The molecule has 1 aliphatic heterocycles. The Hall–Kier alpha value is -3.46. The van der Waals surface area contributed by atoms with Crippen molar-refractivity contribution in [1.29, 1.82) is 0 Å². The fourth-order valence-electron chi connectivity index (χ4n) is 3.73. The number of hydrogen-bond acceptors (Lipinski definition) is 6. The largest absolute Gasteiger partial charge is 0.378 e. The highest BCUT2D eigenvalue weighted by atomic mass is 32.2. The molecule has 1 fully saturated rings. The van der Waals surface area contributed by atoms with Crippen LogP contribution in [0.4, 0.5) is 0 Å². The van der Waals surface area contributed by atoms with Gasteiger partial charge < -0.3 is 15.0 Å². The first kappa shape index (κ1) is 23.3. The number of thiazole rings is 1. The zero-order chi connectivity index (χ0) is 24.0. The third kappa shape index (κ3) is 5.45. The molecule has 1 saturated heterocycles. The SMILES string of the molecule is O=C(N/C(C(=O)N1CCOCC1)=C(\Sc1nc2ccccc2s1)c1ccccc1)c1ccccc1. The molecule has 1 N–H and O–H groups in total. The number of benzene rings is 3. The summed E-state index contributed by atoms with van der Waals surface area (Å²) in [5.74, 6) is -0.564. The van der Waals surface area contributed by atoms with Crippen LogP contribution in [0.25, 0.3) is 15.1 Å². The van der Waals surface area contributed by atoms with Crippen molar-refractivity contribution in [2.24, 2.45) is 0 Å². The molecule has 0 saturated carbocycles. The lowest BCUT2D eigenvalue weighted by molar-refractivity contribution is -0.131. The Labute approximate surface area is 211 Å². The molecule has 0 spiro atoms. The normalized spacial score (nSPS) is 14.5. The number of fused-ring (bicyclic) bond motifs is 1. The Kier molecular flexibility index (Phi) is 7.23. The molecule has 6 nitrogen and oxygen atoms in total. The summed E-state index contributed by atoms with van der Waals surface area (Å²) in [5.41, 5.74) is 2.47. The first-order valence-electron chi connectivity index (χ1n) is 11.3. The van der Waals surface area contributed by atoms with Gasteiger partial charge in [-0.1, -0.05) is 72.4 Å². The van der Waals surface area contributed by atoms with Gasteiger partial charge in [-0.05, 0) is 29.8 Å². The number of thioether (sulfide) groups is 1. The minimum Gasteiger partial charge on any atom is -0.378 e. The summed E-state index contributed by atoms with van der Waals surface area (Å²) in [6.45, 7) is 1.88. The minimum atomic E-state index is -0.333. The van der Waals surface area contributed by atoms with Crippen LogP contribution in [-0.2, 0) is 9.53 Å². The van der Waals surface area contributed by atoms with E-state index in [9.17, 15) is 9.59 Å². The second-order valence-corrected chi connectivity index (χ2v) is 10.1. The molecule has 0 unspecified atom stereocenters. The number of carbonyl (C=O) groups is 2. The van der Waals surface area contributed by atoms with Gasteiger partial charge in [0.25, 0.3) is 11.8 Å². The van der Waals surface area contributed by atoms with Crippen molar-refractivity contribution < 1.29 is 14.3 Å². The number of carbonyl (C=O) groups excluding carboxylic acids is 2. The van der Waals surface area contributed by atoms with Gasteiger partial charge in [-0.3, -0.25) is 9.59 Å². The van der Waals surface area contributed by atoms with Gasteiger partial charge in [-0.15, -0.1) is 11.3 Å². The molecule has 0 radical (unpaired) electrons. The second kappa shape index (κ2) is 10.9. The lowest BCUT2D eigenvalue weighted by Gasteiger charge is -2.28. The summed E-state index contributed by atoms with van der Waals surface area (Å²) >= 11 is 2.96. The van der Waals surface area contributed by atoms with E-state index in [-0.39, 0.29) is 17.5 Å². The number of aromatic nitrogens is 1. The van der Waals surface area contributed by atoms with Crippen LogP contribution in [0.5, 0.6) is 0 Å². The smallest absolute Gasteiger partial charge is 0.271 e. The van der Waals surface area contributed by atoms with Crippen molar-refractivity contribution in [3.8, 4) is 0 Å². The summed E-state index contributed by atoms with van der Waals surface area (Å²) in [7, 11) is 0. The van der Waals surface area contributed by atoms with E-state index in [0.29, 0.717) is 36.8 Å². The predicted molar refractivity (Wildman–Crippen MR) is 140 cm³/mol. The third-order valence-corrected chi connectivity index (χ3v) is 7.75. The molecule has 3 aromatic carbocycles. The highest BCUT2D eigenvalue weighted by Crippen LogP contribution is 2.40. The second-order valence-electron chi connectivity index (χ2n) is 7.84. The average molecular weight is 502 g/mol. The Morgan fingerprint density at radius 1 is 0.857 bits per heavy atom. The van der Waals surface area contributed by atoms with Gasteiger partial charge in [0, 0.05) is 18.7 Å². The predicted octanol–water partition coefficient (Wildman–Crippen LogP) is 5.05. The van der Waals surface area contributed by atoms with Crippen LogP contribution in [0, 0.1) is 0 Å². The molecule has 176 valence electrons. The molecule has 2 heterocycles. The minimum absolute atomic E-state index is 0.231. The molecule has 0 aliphatic carbocycles. The Morgan fingerprint density at radius 2 is 1.49 bits per heavy atom.